The van der Waals surface area contributed by atoms with E-state index in [4.69, 9.17) is 9.47 Å². The van der Waals surface area contributed by atoms with Crippen molar-refractivity contribution in [3.8, 4) is 34.5 Å². The van der Waals surface area contributed by atoms with Gasteiger partial charge in [-0.3, -0.25) is 4.55 Å². The fourth-order valence-electron chi connectivity index (χ4n) is 4.90. The van der Waals surface area contributed by atoms with Crippen molar-refractivity contribution in [1.29, 1.82) is 0 Å². The van der Waals surface area contributed by atoms with Crippen LogP contribution >= 0.6 is 0 Å². The Labute approximate surface area is 319 Å². The molecule has 0 radical (unpaired) electrons. The van der Waals surface area contributed by atoms with Gasteiger partial charge in [0.15, 0.2) is 11.5 Å². The first-order valence-electron chi connectivity index (χ1n) is 15.9. The number of hydrogen-bond donors (Lipinski definition) is 2. The zero-order chi connectivity index (χ0) is 35.2. The molecule has 260 valence electrons. The van der Waals surface area contributed by atoms with Gasteiger partial charge in [0.25, 0.3) is 10.1 Å². The molecular formula is C36H42CaO10S2. The Balaban J connectivity index is 0.000000333. The number of ether oxygens (including phenoxy) is 2. The fourth-order valence-corrected chi connectivity index (χ4v) is 6.03. The normalized spacial score (nSPS) is 11.2. The first-order valence-corrected chi connectivity index (χ1v) is 18.8. The molecule has 0 unspecified atom stereocenters. The molecule has 4 aromatic carbocycles. The summed E-state index contributed by atoms with van der Waals surface area (Å²) in [4.78, 5) is -1.32. The van der Waals surface area contributed by atoms with Gasteiger partial charge in [0.2, 0.25) is 0 Å². The van der Waals surface area contributed by atoms with E-state index in [0.717, 1.165) is 57.4 Å². The molecule has 0 fully saturated rings. The van der Waals surface area contributed by atoms with Crippen molar-refractivity contribution in [1.82, 2.24) is 0 Å². The van der Waals surface area contributed by atoms with Crippen LogP contribution in [-0.2, 0) is 33.1 Å². The SMILES string of the molecule is CCCCCCc1ccc(S(=O)(=O)O)c(O)c1Oc1ccccc1.CCCCCCc1ccc(S(=O)(=O)[O-])c([O-])c1Oc1ccccc1.[Ca+2]. The number of unbranched alkanes of at least 4 members (excludes halogenated alkanes) is 6. The van der Waals surface area contributed by atoms with Crippen molar-refractivity contribution >= 4 is 58.0 Å². The molecule has 2 N–H and O–H groups in total. The van der Waals surface area contributed by atoms with Crippen LogP contribution in [0, 0.1) is 0 Å². The van der Waals surface area contributed by atoms with Crippen LogP contribution in [0.25, 0.3) is 0 Å². The van der Waals surface area contributed by atoms with E-state index in [-0.39, 0.29) is 49.2 Å². The van der Waals surface area contributed by atoms with Crippen LogP contribution in [0.15, 0.2) is 94.7 Å². The van der Waals surface area contributed by atoms with Crippen LogP contribution < -0.4 is 14.6 Å². The maximum Gasteiger partial charge on any atom is 2.00 e. The minimum Gasteiger partial charge on any atom is -0.869 e. The number of hydrogen-bond acceptors (Lipinski definition) is 9. The summed E-state index contributed by atoms with van der Waals surface area (Å²) in [6.45, 7) is 4.23. The zero-order valence-corrected chi connectivity index (χ0v) is 31.7. The van der Waals surface area contributed by atoms with Gasteiger partial charge in [-0.05, 0) is 79.0 Å². The van der Waals surface area contributed by atoms with Crippen LogP contribution in [-0.4, -0.2) is 68.8 Å². The molecule has 49 heavy (non-hydrogen) atoms. The predicted octanol–water partition coefficient (Wildman–Crippen LogP) is 7.75. The minimum absolute atomic E-state index is 0. The summed E-state index contributed by atoms with van der Waals surface area (Å²) >= 11 is 0. The predicted molar refractivity (Wildman–Crippen MR) is 186 cm³/mol. The Kier molecular flexibility index (Phi) is 17.9. The van der Waals surface area contributed by atoms with Gasteiger partial charge in [-0.15, -0.1) is 0 Å². The average Bonchev–Trinajstić information content (AvgIpc) is 3.04. The minimum atomic E-state index is -4.84. The quantitative estimate of drug-likeness (QED) is 0.0657. The van der Waals surface area contributed by atoms with Crippen LogP contribution in [0.5, 0.6) is 34.5 Å². The van der Waals surface area contributed by atoms with Crippen LogP contribution in [0.4, 0.5) is 0 Å². The maximum absolute atomic E-state index is 12.4. The summed E-state index contributed by atoms with van der Waals surface area (Å²) in [5.74, 6) is -0.529. The van der Waals surface area contributed by atoms with Gasteiger partial charge in [0, 0.05) is 0 Å². The third-order valence-electron chi connectivity index (χ3n) is 7.41. The molecule has 0 heterocycles. The summed E-state index contributed by atoms with van der Waals surface area (Å²) in [6, 6.07) is 22.8. The van der Waals surface area contributed by atoms with E-state index in [1.54, 1.807) is 60.7 Å². The second-order valence-corrected chi connectivity index (χ2v) is 13.9. The molecule has 0 aliphatic rings. The molecule has 0 bridgehead atoms. The standard InChI is InChI=1S/2C18H22O5S.Ca/c2*1-2-3-4-6-9-14-12-13-16(24(20,21)22)17(19)18(14)23-15-10-7-5-8-11-15;/h2*5,7-8,10-13,19H,2-4,6,9H2,1H3,(H,20,21,22);/q;;+2/p-2. The largest absolute Gasteiger partial charge is 2.00 e. The van der Waals surface area contributed by atoms with Gasteiger partial charge in [0.1, 0.15) is 32.3 Å². The van der Waals surface area contributed by atoms with E-state index < -0.39 is 41.5 Å². The fraction of sp³-hybridized carbons (Fsp3) is 0.333. The van der Waals surface area contributed by atoms with Gasteiger partial charge in [-0.1, -0.05) is 101 Å². The molecule has 0 aliphatic heterocycles. The summed E-state index contributed by atoms with van der Waals surface area (Å²) in [7, 11) is -9.36. The Hall–Kier alpha value is -2.84. The monoisotopic (exact) mass is 738 g/mol. The van der Waals surface area contributed by atoms with Crippen LogP contribution in [0.3, 0.4) is 0 Å². The molecule has 13 heteroatoms. The molecule has 4 rings (SSSR count). The third-order valence-corrected chi connectivity index (χ3v) is 9.15. The van der Waals surface area contributed by atoms with E-state index in [0.29, 0.717) is 35.5 Å². The van der Waals surface area contributed by atoms with Crippen molar-refractivity contribution < 1.29 is 45.6 Å². The van der Waals surface area contributed by atoms with Crippen LogP contribution in [0.2, 0.25) is 0 Å². The second-order valence-electron chi connectivity index (χ2n) is 11.2. The van der Waals surface area contributed by atoms with Crippen molar-refractivity contribution in [3.63, 3.8) is 0 Å². The number of aromatic hydroxyl groups is 1. The van der Waals surface area contributed by atoms with Crippen molar-refractivity contribution in [2.75, 3.05) is 0 Å². The number of phenols is 1. The number of rotatable bonds is 16. The topological polar surface area (TPSA) is 173 Å². The summed E-state index contributed by atoms with van der Waals surface area (Å²) in [5, 5.41) is 22.7. The molecule has 0 saturated heterocycles. The number of para-hydroxylation sites is 2. The van der Waals surface area contributed by atoms with Gasteiger partial charge >= 0.3 is 37.7 Å². The molecule has 0 atom stereocenters. The molecule has 10 nitrogen and oxygen atoms in total. The van der Waals surface area contributed by atoms with E-state index >= 15 is 0 Å². The molecule has 0 aliphatic carbocycles. The van der Waals surface area contributed by atoms with E-state index in [1.165, 1.54) is 12.1 Å². The van der Waals surface area contributed by atoms with Crippen molar-refractivity contribution in [3.05, 3.63) is 96.1 Å². The average molecular weight is 739 g/mol. The molecule has 0 saturated carbocycles. The first kappa shape index (κ1) is 42.3. The first-order chi connectivity index (χ1) is 22.9. The Morgan fingerprint density at radius 3 is 1.47 bits per heavy atom. The molecule has 0 amide bonds. The van der Waals surface area contributed by atoms with Gasteiger partial charge in [0.05, 0.1) is 4.90 Å². The van der Waals surface area contributed by atoms with E-state index in [1.807, 2.05) is 6.07 Å². The summed E-state index contributed by atoms with van der Waals surface area (Å²) in [6.07, 6.45) is 9.48. The van der Waals surface area contributed by atoms with E-state index in [2.05, 4.69) is 13.8 Å². The summed E-state index contributed by atoms with van der Waals surface area (Å²) < 4.78 is 77.2. The molecular weight excluding hydrogens is 697 g/mol. The van der Waals surface area contributed by atoms with Gasteiger partial charge in [-0.2, -0.15) is 8.42 Å². The number of phenolic OH excluding ortho intramolecular Hbond substituents is 1. The maximum atomic E-state index is 12.4. The van der Waals surface area contributed by atoms with Gasteiger partial charge in [-0.25, -0.2) is 8.42 Å². The Bertz CT molecular complexity index is 1680. The molecule has 4 aromatic rings. The molecule has 0 spiro atoms. The van der Waals surface area contributed by atoms with Crippen molar-refractivity contribution in [2.24, 2.45) is 0 Å². The summed E-state index contributed by atoms with van der Waals surface area (Å²) in [5.41, 5.74) is 1.33. The Morgan fingerprint density at radius 2 is 1.04 bits per heavy atom. The number of aryl methyl sites for hydroxylation is 2. The van der Waals surface area contributed by atoms with E-state index in [9.17, 15) is 36.2 Å². The third kappa shape index (κ3) is 13.4. The molecule has 0 aromatic heterocycles. The Morgan fingerprint density at radius 1 is 0.612 bits per heavy atom. The van der Waals surface area contributed by atoms with Crippen molar-refractivity contribution in [2.45, 2.75) is 87.8 Å². The zero-order valence-electron chi connectivity index (χ0n) is 27.8. The second kappa shape index (κ2) is 20.7. The number of benzene rings is 4. The van der Waals surface area contributed by atoms with Crippen LogP contribution in [0.1, 0.15) is 76.3 Å². The smallest absolute Gasteiger partial charge is 0.869 e. The van der Waals surface area contributed by atoms with Gasteiger partial charge < -0.3 is 24.2 Å².